The molecule has 0 bridgehead atoms. The van der Waals surface area contributed by atoms with Gasteiger partial charge >= 0.3 is 0 Å². The Bertz CT molecular complexity index is 884. The Labute approximate surface area is 145 Å². The molecule has 9 heteroatoms. The number of fused-ring (bicyclic) bond motifs is 1. The summed E-state index contributed by atoms with van der Waals surface area (Å²) >= 11 is 8.88. The van der Waals surface area contributed by atoms with Gasteiger partial charge in [-0.25, -0.2) is 4.98 Å². The van der Waals surface area contributed by atoms with Gasteiger partial charge in [-0.3, -0.25) is 9.48 Å². The van der Waals surface area contributed by atoms with E-state index in [1.54, 1.807) is 15.0 Å². The molecule has 0 unspecified atom stereocenters. The standard InChI is InChI=1S/C14H12ClN5OS2/c1-19-10-4-5-20(6-8(10)17-18-19)14(21)9-7-22-13(16-9)11-2-3-12(15)23-11/h2-3,7H,4-6H2,1H3. The van der Waals surface area contributed by atoms with E-state index in [4.69, 9.17) is 11.6 Å². The normalized spacial score (nSPS) is 14.1. The Balaban J connectivity index is 1.55. The zero-order chi connectivity index (χ0) is 16.0. The maximum absolute atomic E-state index is 12.7. The van der Waals surface area contributed by atoms with Gasteiger partial charge in [-0.05, 0) is 12.1 Å². The van der Waals surface area contributed by atoms with Crippen LogP contribution in [0.3, 0.4) is 0 Å². The van der Waals surface area contributed by atoms with E-state index in [2.05, 4.69) is 15.3 Å². The van der Waals surface area contributed by atoms with Crippen LogP contribution in [0.1, 0.15) is 21.9 Å². The molecule has 0 atom stereocenters. The third-order valence-corrected chi connectivity index (χ3v) is 6.02. The molecule has 3 aromatic heterocycles. The van der Waals surface area contributed by atoms with Crippen LogP contribution < -0.4 is 0 Å². The van der Waals surface area contributed by atoms with Crippen molar-refractivity contribution in [2.45, 2.75) is 13.0 Å². The summed E-state index contributed by atoms with van der Waals surface area (Å²) in [6, 6.07) is 3.76. The van der Waals surface area contributed by atoms with Gasteiger partial charge in [-0.1, -0.05) is 16.8 Å². The van der Waals surface area contributed by atoms with Crippen molar-refractivity contribution in [3.63, 3.8) is 0 Å². The number of halogens is 1. The second-order valence-corrected chi connectivity index (χ2v) is 7.80. The van der Waals surface area contributed by atoms with Gasteiger partial charge in [0, 0.05) is 25.4 Å². The molecule has 0 N–H and O–H groups in total. The van der Waals surface area contributed by atoms with E-state index < -0.39 is 0 Å². The fourth-order valence-electron chi connectivity index (χ4n) is 2.60. The van der Waals surface area contributed by atoms with E-state index in [1.165, 1.54) is 22.7 Å². The van der Waals surface area contributed by atoms with E-state index >= 15 is 0 Å². The number of hydrogen-bond acceptors (Lipinski definition) is 6. The van der Waals surface area contributed by atoms with Crippen molar-refractivity contribution in [2.24, 2.45) is 7.05 Å². The van der Waals surface area contributed by atoms with Crippen molar-refractivity contribution in [3.8, 4) is 9.88 Å². The highest BCUT2D eigenvalue weighted by molar-refractivity contribution is 7.23. The van der Waals surface area contributed by atoms with Gasteiger partial charge in [-0.15, -0.1) is 27.8 Å². The summed E-state index contributed by atoms with van der Waals surface area (Å²) in [5.74, 6) is -0.0635. The van der Waals surface area contributed by atoms with Crippen molar-refractivity contribution >= 4 is 40.2 Å². The second kappa shape index (κ2) is 5.70. The van der Waals surface area contributed by atoms with E-state index in [-0.39, 0.29) is 5.91 Å². The highest BCUT2D eigenvalue weighted by Crippen LogP contribution is 2.33. The third kappa shape index (κ3) is 2.66. The van der Waals surface area contributed by atoms with Gasteiger partial charge in [0.2, 0.25) is 0 Å². The Morgan fingerprint density at radius 3 is 3.04 bits per heavy atom. The third-order valence-electron chi connectivity index (χ3n) is 3.78. The number of carbonyl (C=O) groups is 1. The van der Waals surface area contributed by atoms with Gasteiger partial charge in [0.05, 0.1) is 21.5 Å². The topological polar surface area (TPSA) is 63.9 Å². The quantitative estimate of drug-likeness (QED) is 0.700. The van der Waals surface area contributed by atoms with Crippen LogP contribution in [-0.4, -0.2) is 37.3 Å². The van der Waals surface area contributed by atoms with Crippen molar-refractivity contribution < 1.29 is 4.79 Å². The molecule has 4 rings (SSSR count). The second-order valence-electron chi connectivity index (χ2n) is 5.22. The predicted molar refractivity (Wildman–Crippen MR) is 89.9 cm³/mol. The smallest absolute Gasteiger partial charge is 0.273 e. The fraction of sp³-hybridized carbons (Fsp3) is 0.286. The molecule has 0 saturated heterocycles. The summed E-state index contributed by atoms with van der Waals surface area (Å²) in [7, 11) is 1.88. The molecule has 6 nitrogen and oxygen atoms in total. The predicted octanol–water partition coefficient (Wildman–Crippen LogP) is 2.85. The SMILES string of the molecule is Cn1nnc2c1CCN(C(=O)c1csc(-c3ccc(Cl)s3)n1)C2. The summed E-state index contributed by atoms with van der Waals surface area (Å²) in [4.78, 5) is 19.9. The van der Waals surface area contributed by atoms with Crippen LogP contribution in [0.15, 0.2) is 17.5 Å². The van der Waals surface area contributed by atoms with E-state index in [0.29, 0.717) is 23.1 Å². The van der Waals surface area contributed by atoms with Crippen LogP contribution in [0, 0.1) is 0 Å². The van der Waals surface area contributed by atoms with Gasteiger partial charge in [-0.2, -0.15) is 0 Å². The van der Waals surface area contributed by atoms with Crippen molar-refractivity contribution in [1.82, 2.24) is 24.9 Å². The zero-order valence-electron chi connectivity index (χ0n) is 12.2. The molecule has 0 aliphatic carbocycles. The van der Waals surface area contributed by atoms with Crippen LogP contribution in [0.5, 0.6) is 0 Å². The Morgan fingerprint density at radius 2 is 2.26 bits per heavy atom. The lowest BCUT2D eigenvalue weighted by Crippen LogP contribution is -2.36. The Morgan fingerprint density at radius 1 is 1.39 bits per heavy atom. The number of thiazole rings is 1. The zero-order valence-corrected chi connectivity index (χ0v) is 14.6. The molecule has 0 radical (unpaired) electrons. The minimum absolute atomic E-state index is 0.0635. The summed E-state index contributed by atoms with van der Waals surface area (Å²) in [5.41, 5.74) is 2.44. The summed E-state index contributed by atoms with van der Waals surface area (Å²) < 4.78 is 2.49. The lowest BCUT2D eigenvalue weighted by Gasteiger charge is -2.25. The van der Waals surface area contributed by atoms with Crippen molar-refractivity contribution in [2.75, 3.05) is 6.54 Å². The molecule has 1 aliphatic heterocycles. The Hall–Kier alpha value is -1.77. The molecule has 1 amide bonds. The van der Waals surface area contributed by atoms with Gasteiger partial charge < -0.3 is 4.90 Å². The number of nitrogens with zero attached hydrogens (tertiary/aromatic N) is 5. The monoisotopic (exact) mass is 365 g/mol. The Kier molecular flexibility index (Phi) is 3.67. The molecule has 23 heavy (non-hydrogen) atoms. The first-order valence-electron chi connectivity index (χ1n) is 7.00. The molecular weight excluding hydrogens is 354 g/mol. The number of amides is 1. The van der Waals surface area contributed by atoms with Crippen LogP contribution in [-0.2, 0) is 20.0 Å². The minimum Gasteiger partial charge on any atom is -0.331 e. The van der Waals surface area contributed by atoms with Crippen LogP contribution in [0.25, 0.3) is 9.88 Å². The molecular formula is C14H12ClN5OS2. The van der Waals surface area contributed by atoms with E-state index in [9.17, 15) is 4.79 Å². The maximum Gasteiger partial charge on any atom is 0.273 e. The largest absolute Gasteiger partial charge is 0.331 e. The molecule has 3 aromatic rings. The number of aryl methyl sites for hydroxylation is 1. The number of carbonyl (C=O) groups excluding carboxylic acids is 1. The van der Waals surface area contributed by atoms with Crippen molar-refractivity contribution in [1.29, 1.82) is 0 Å². The molecule has 0 fully saturated rings. The molecule has 1 aliphatic rings. The first-order chi connectivity index (χ1) is 11.1. The van der Waals surface area contributed by atoms with Crippen molar-refractivity contribution in [3.05, 3.63) is 38.9 Å². The lowest BCUT2D eigenvalue weighted by molar-refractivity contribution is 0.0726. The lowest BCUT2D eigenvalue weighted by atomic mass is 10.1. The highest BCUT2D eigenvalue weighted by atomic mass is 35.5. The number of aromatic nitrogens is 4. The van der Waals surface area contributed by atoms with Crippen LogP contribution >= 0.6 is 34.3 Å². The van der Waals surface area contributed by atoms with E-state index in [0.717, 1.165) is 27.7 Å². The summed E-state index contributed by atoms with van der Waals surface area (Å²) in [5, 5.41) is 10.8. The minimum atomic E-state index is -0.0635. The first kappa shape index (κ1) is 14.8. The fourth-order valence-corrected chi connectivity index (χ4v) is 4.51. The number of rotatable bonds is 2. The highest BCUT2D eigenvalue weighted by Gasteiger charge is 2.26. The average molecular weight is 366 g/mol. The first-order valence-corrected chi connectivity index (χ1v) is 9.07. The van der Waals surface area contributed by atoms with Crippen LogP contribution in [0.4, 0.5) is 0 Å². The molecule has 0 saturated carbocycles. The van der Waals surface area contributed by atoms with Gasteiger partial charge in [0.1, 0.15) is 16.4 Å². The van der Waals surface area contributed by atoms with Crippen LogP contribution in [0.2, 0.25) is 4.34 Å². The van der Waals surface area contributed by atoms with Gasteiger partial charge in [0.25, 0.3) is 5.91 Å². The summed E-state index contributed by atoms with van der Waals surface area (Å²) in [6.07, 6.45) is 0.766. The molecule has 0 spiro atoms. The average Bonchev–Trinajstić information content (AvgIpc) is 3.26. The summed E-state index contributed by atoms with van der Waals surface area (Å²) in [6.45, 7) is 1.14. The van der Waals surface area contributed by atoms with Gasteiger partial charge in [0.15, 0.2) is 0 Å². The molecule has 4 heterocycles. The maximum atomic E-state index is 12.7. The van der Waals surface area contributed by atoms with E-state index in [1.807, 2.05) is 19.2 Å². The molecule has 118 valence electrons. The number of thiophene rings is 1. The molecule has 0 aromatic carbocycles. The number of hydrogen-bond donors (Lipinski definition) is 0.